The van der Waals surface area contributed by atoms with Crippen molar-refractivity contribution < 1.29 is 9.59 Å². The Morgan fingerprint density at radius 1 is 1.33 bits per heavy atom. The van der Waals surface area contributed by atoms with E-state index >= 15 is 0 Å². The van der Waals surface area contributed by atoms with Crippen molar-refractivity contribution in [2.24, 2.45) is 5.73 Å². The van der Waals surface area contributed by atoms with E-state index in [1.807, 2.05) is 6.07 Å². The zero-order valence-corrected chi connectivity index (χ0v) is 15.6. The molecule has 1 unspecified atom stereocenters. The van der Waals surface area contributed by atoms with Gasteiger partial charge in [-0.1, -0.05) is 0 Å². The van der Waals surface area contributed by atoms with E-state index < -0.39 is 5.91 Å². The molecule has 1 fully saturated rings. The van der Waals surface area contributed by atoms with Gasteiger partial charge in [-0.05, 0) is 50.8 Å². The van der Waals surface area contributed by atoms with Gasteiger partial charge in [-0.2, -0.15) is 5.10 Å². The quantitative estimate of drug-likeness (QED) is 0.777. The third-order valence-electron chi connectivity index (χ3n) is 4.93. The Morgan fingerprint density at radius 3 is 2.89 bits per heavy atom. The summed E-state index contributed by atoms with van der Waals surface area (Å²) in [6.07, 6.45) is 7.55. The van der Waals surface area contributed by atoms with Gasteiger partial charge in [0.05, 0.1) is 11.4 Å². The maximum atomic E-state index is 12.4. The van der Waals surface area contributed by atoms with Gasteiger partial charge in [-0.15, -0.1) is 0 Å². The number of nitrogens with one attached hydrogen (secondary N) is 1. The fraction of sp³-hybridized carbons (Fsp3) is 0.474. The molecule has 0 radical (unpaired) electrons. The molecule has 3 N–H and O–H groups in total. The second kappa shape index (κ2) is 8.66. The van der Waals surface area contributed by atoms with Gasteiger partial charge >= 0.3 is 0 Å². The molecule has 0 bridgehead atoms. The highest BCUT2D eigenvalue weighted by atomic mass is 16.2. The van der Waals surface area contributed by atoms with Crippen LogP contribution in [0.15, 0.2) is 30.9 Å². The number of rotatable bonds is 7. The summed E-state index contributed by atoms with van der Waals surface area (Å²) in [7, 11) is 0. The topological polar surface area (TPSA) is 106 Å². The maximum Gasteiger partial charge on any atom is 0.248 e. The summed E-state index contributed by atoms with van der Waals surface area (Å²) in [6, 6.07) is 5.67. The molecule has 0 saturated carbocycles. The molecule has 1 aromatic heterocycles. The van der Waals surface area contributed by atoms with Crippen molar-refractivity contribution in [3.05, 3.63) is 36.4 Å². The number of benzene rings is 1. The first kappa shape index (κ1) is 18.9. The van der Waals surface area contributed by atoms with Crippen LogP contribution in [0, 0.1) is 0 Å². The molecule has 1 aliphatic rings. The molecular weight excluding hydrogens is 344 g/mol. The van der Waals surface area contributed by atoms with Gasteiger partial charge in [0.2, 0.25) is 11.8 Å². The van der Waals surface area contributed by atoms with Crippen molar-refractivity contribution in [3.8, 4) is 0 Å². The predicted molar refractivity (Wildman–Crippen MR) is 104 cm³/mol. The van der Waals surface area contributed by atoms with Crippen molar-refractivity contribution in [1.82, 2.24) is 14.8 Å². The van der Waals surface area contributed by atoms with Crippen molar-refractivity contribution in [1.29, 1.82) is 0 Å². The molecule has 8 heteroatoms. The Hall–Kier alpha value is -2.90. The van der Waals surface area contributed by atoms with Crippen LogP contribution in [0.5, 0.6) is 0 Å². The SMILES string of the molecule is CC1CCCCN1c1ccc(C(N)=O)cc1NC(=O)CCCn1cncn1. The predicted octanol–water partition coefficient (Wildman–Crippen LogP) is 2.17. The van der Waals surface area contributed by atoms with E-state index in [1.165, 1.54) is 12.7 Å². The number of aromatic nitrogens is 3. The second-order valence-corrected chi connectivity index (χ2v) is 6.94. The Kier molecular flexibility index (Phi) is 6.05. The summed E-state index contributed by atoms with van der Waals surface area (Å²) in [5.41, 5.74) is 7.40. The zero-order valence-electron chi connectivity index (χ0n) is 15.6. The lowest BCUT2D eigenvalue weighted by molar-refractivity contribution is -0.116. The first-order valence-corrected chi connectivity index (χ1v) is 9.37. The lowest BCUT2D eigenvalue weighted by Gasteiger charge is -2.36. The van der Waals surface area contributed by atoms with Crippen LogP contribution in [-0.4, -0.2) is 39.2 Å². The standard InChI is InChI=1S/C19H26N6O2/c1-14-5-2-3-10-25(14)17-8-7-15(19(20)27)11-16(17)23-18(26)6-4-9-24-13-21-12-22-24/h7-8,11-14H,2-6,9-10H2,1H3,(H2,20,27)(H,23,26). The molecule has 0 aliphatic carbocycles. The number of nitrogens with zero attached hydrogens (tertiary/aromatic N) is 4. The summed E-state index contributed by atoms with van der Waals surface area (Å²) in [6.45, 7) is 3.75. The number of hydrogen-bond acceptors (Lipinski definition) is 5. The third-order valence-corrected chi connectivity index (χ3v) is 4.93. The van der Waals surface area contributed by atoms with Crippen LogP contribution in [0.3, 0.4) is 0 Å². The molecule has 27 heavy (non-hydrogen) atoms. The van der Waals surface area contributed by atoms with Crippen molar-refractivity contribution in [3.63, 3.8) is 0 Å². The van der Waals surface area contributed by atoms with E-state index in [-0.39, 0.29) is 5.91 Å². The summed E-state index contributed by atoms with van der Waals surface area (Å²) in [5.74, 6) is -0.599. The number of carbonyl (C=O) groups excluding carboxylic acids is 2. The molecule has 8 nitrogen and oxygen atoms in total. The van der Waals surface area contributed by atoms with Gasteiger partial charge in [0, 0.05) is 31.1 Å². The monoisotopic (exact) mass is 370 g/mol. The normalized spacial score (nSPS) is 16.9. The third kappa shape index (κ3) is 4.84. The van der Waals surface area contributed by atoms with Crippen LogP contribution in [0.25, 0.3) is 0 Å². The lowest BCUT2D eigenvalue weighted by Crippen LogP contribution is -2.38. The average Bonchev–Trinajstić information content (AvgIpc) is 3.16. The molecule has 144 valence electrons. The van der Waals surface area contributed by atoms with Crippen LogP contribution >= 0.6 is 0 Å². The minimum atomic E-state index is -0.505. The number of hydrogen-bond donors (Lipinski definition) is 2. The van der Waals surface area contributed by atoms with Gasteiger partial charge in [-0.3, -0.25) is 14.3 Å². The first-order chi connectivity index (χ1) is 13.0. The van der Waals surface area contributed by atoms with E-state index in [4.69, 9.17) is 5.73 Å². The zero-order chi connectivity index (χ0) is 19.2. The minimum Gasteiger partial charge on any atom is -0.367 e. The Labute approximate surface area is 158 Å². The summed E-state index contributed by atoms with van der Waals surface area (Å²) in [5, 5.41) is 7.00. The number of primary amides is 1. The summed E-state index contributed by atoms with van der Waals surface area (Å²) in [4.78, 5) is 30.2. The Balaban J connectivity index is 1.71. The lowest BCUT2D eigenvalue weighted by atomic mass is 10.0. The Morgan fingerprint density at radius 2 is 2.19 bits per heavy atom. The molecule has 1 saturated heterocycles. The molecule has 0 spiro atoms. The minimum absolute atomic E-state index is 0.0948. The highest BCUT2D eigenvalue weighted by molar-refractivity contribution is 5.99. The average molecular weight is 370 g/mol. The molecular formula is C19H26N6O2. The van der Waals surface area contributed by atoms with Gasteiger partial charge < -0.3 is 16.0 Å². The Bertz CT molecular complexity index is 790. The fourth-order valence-corrected chi connectivity index (χ4v) is 3.46. The molecule has 1 atom stereocenters. The summed E-state index contributed by atoms with van der Waals surface area (Å²) < 4.78 is 1.70. The number of anilines is 2. The number of aryl methyl sites for hydroxylation is 1. The molecule has 2 amide bonds. The number of carbonyl (C=O) groups is 2. The maximum absolute atomic E-state index is 12.4. The molecule has 1 aliphatic heterocycles. The van der Waals surface area contributed by atoms with Crippen LogP contribution in [0.4, 0.5) is 11.4 Å². The summed E-state index contributed by atoms with van der Waals surface area (Å²) >= 11 is 0. The van der Waals surface area contributed by atoms with Crippen LogP contribution in [0.1, 0.15) is 49.4 Å². The van der Waals surface area contributed by atoms with Gasteiger partial charge in [-0.25, -0.2) is 4.98 Å². The van der Waals surface area contributed by atoms with Crippen LogP contribution in [0.2, 0.25) is 0 Å². The largest absolute Gasteiger partial charge is 0.367 e. The molecule has 2 aromatic rings. The molecule has 1 aromatic carbocycles. The van der Waals surface area contributed by atoms with E-state index in [2.05, 4.69) is 27.2 Å². The van der Waals surface area contributed by atoms with Gasteiger partial charge in [0.25, 0.3) is 0 Å². The van der Waals surface area contributed by atoms with Crippen LogP contribution < -0.4 is 16.0 Å². The second-order valence-electron chi connectivity index (χ2n) is 6.94. The van der Waals surface area contributed by atoms with Crippen molar-refractivity contribution in [2.75, 3.05) is 16.8 Å². The van der Waals surface area contributed by atoms with E-state index in [0.717, 1.165) is 25.1 Å². The number of piperidine rings is 1. The van der Waals surface area contributed by atoms with Gasteiger partial charge in [0.1, 0.15) is 12.7 Å². The first-order valence-electron chi connectivity index (χ1n) is 9.37. The van der Waals surface area contributed by atoms with Crippen molar-refractivity contribution >= 4 is 23.2 Å². The molecule has 3 rings (SSSR count). The highest BCUT2D eigenvalue weighted by Crippen LogP contribution is 2.32. The molecule has 2 heterocycles. The van der Waals surface area contributed by atoms with E-state index in [9.17, 15) is 9.59 Å². The number of amides is 2. The number of nitrogens with two attached hydrogens (primary N) is 1. The van der Waals surface area contributed by atoms with E-state index in [1.54, 1.807) is 23.1 Å². The highest BCUT2D eigenvalue weighted by Gasteiger charge is 2.22. The fourth-order valence-electron chi connectivity index (χ4n) is 3.46. The smallest absolute Gasteiger partial charge is 0.248 e. The van der Waals surface area contributed by atoms with Crippen molar-refractivity contribution in [2.45, 2.75) is 51.6 Å². The van der Waals surface area contributed by atoms with Gasteiger partial charge in [0.15, 0.2) is 0 Å². The van der Waals surface area contributed by atoms with Crippen LogP contribution in [-0.2, 0) is 11.3 Å². The van der Waals surface area contributed by atoms with E-state index in [0.29, 0.717) is 36.7 Å².